The van der Waals surface area contributed by atoms with Gasteiger partial charge in [-0.3, -0.25) is 0 Å². The molecule has 0 aliphatic heterocycles. The summed E-state index contributed by atoms with van der Waals surface area (Å²) in [6.45, 7) is 4.83. The minimum absolute atomic E-state index is 0.768. The SMILES string of the molecule is CCC1=C2CC[C@@]3(CC)CCCC3C2CCC1. The Bertz CT molecular complexity index is 325. The fourth-order valence-corrected chi connectivity index (χ4v) is 5.45. The Morgan fingerprint density at radius 2 is 1.94 bits per heavy atom. The maximum Gasteiger partial charge on any atom is -0.0167 e. The molecule has 0 nitrogen and oxygen atoms in total. The highest BCUT2D eigenvalue weighted by atomic mass is 14.5. The first-order chi connectivity index (χ1) is 8.30. The molecular weight excluding hydrogens is 204 g/mol. The van der Waals surface area contributed by atoms with Crippen molar-refractivity contribution in [1.82, 2.24) is 0 Å². The summed E-state index contributed by atoms with van der Waals surface area (Å²) in [5, 5.41) is 0. The van der Waals surface area contributed by atoms with Gasteiger partial charge in [0.15, 0.2) is 0 Å². The molecule has 3 aliphatic rings. The molecule has 0 N–H and O–H groups in total. The first-order valence-electron chi connectivity index (χ1n) is 8.01. The van der Waals surface area contributed by atoms with Crippen molar-refractivity contribution in [3.05, 3.63) is 11.1 Å². The van der Waals surface area contributed by atoms with E-state index < -0.39 is 0 Å². The van der Waals surface area contributed by atoms with Crippen LogP contribution in [-0.2, 0) is 0 Å². The van der Waals surface area contributed by atoms with Crippen molar-refractivity contribution in [2.45, 2.75) is 78.1 Å². The van der Waals surface area contributed by atoms with E-state index in [1.807, 2.05) is 11.1 Å². The summed E-state index contributed by atoms with van der Waals surface area (Å²) in [5.74, 6) is 2.08. The molecule has 0 radical (unpaired) electrons. The van der Waals surface area contributed by atoms with Gasteiger partial charge >= 0.3 is 0 Å². The summed E-state index contributed by atoms with van der Waals surface area (Å²) >= 11 is 0. The maximum absolute atomic E-state index is 2.45. The Hall–Kier alpha value is -0.260. The van der Waals surface area contributed by atoms with Crippen LogP contribution in [0.2, 0.25) is 0 Å². The quantitative estimate of drug-likeness (QED) is 0.553. The van der Waals surface area contributed by atoms with Crippen LogP contribution >= 0.6 is 0 Å². The molecule has 0 bridgehead atoms. The van der Waals surface area contributed by atoms with E-state index in [4.69, 9.17) is 0 Å². The van der Waals surface area contributed by atoms with E-state index in [1.54, 1.807) is 12.8 Å². The van der Waals surface area contributed by atoms with Gasteiger partial charge in [-0.1, -0.05) is 37.8 Å². The van der Waals surface area contributed by atoms with Crippen molar-refractivity contribution in [3.63, 3.8) is 0 Å². The second-order valence-electron chi connectivity index (χ2n) is 6.70. The first kappa shape index (κ1) is 11.8. The van der Waals surface area contributed by atoms with Crippen LogP contribution < -0.4 is 0 Å². The predicted octanol–water partition coefficient (Wildman–Crippen LogP) is 5.48. The third-order valence-corrected chi connectivity index (χ3v) is 6.38. The normalized spacial score (nSPS) is 41.3. The molecule has 3 aliphatic carbocycles. The third-order valence-electron chi connectivity index (χ3n) is 6.38. The molecule has 0 spiro atoms. The van der Waals surface area contributed by atoms with Crippen LogP contribution in [0.1, 0.15) is 78.1 Å². The molecule has 17 heavy (non-hydrogen) atoms. The standard InChI is InChI=1S/C17H28/c1-3-13-7-5-8-15-14(13)10-12-17(4-2)11-6-9-16(15)17/h15-16H,3-12H2,1-2H3/t15?,16?,17-/m1/s1. The monoisotopic (exact) mass is 232 g/mol. The Morgan fingerprint density at radius 1 is 1.06 bits per heavy atom. The van der Waals surface area contributed by atoms with Gasteiger partial charge in [0.25, 0.3) is 0 Å². The molecule has 0 heterocycles. The lowest BCUT2D eigenvalue weighted by molar-refractivity contribution is 0.0905. The van der Waals surface area contributed by atoms with Crippen molar-refractivity contribution >= 4 is 0 Å². The Balaban J connectivity index is 1.93. The molecule has 0 amide bonds. The topological polar surface area (TPSA) is 0 Å². The van der Waals surface area contributed by atoms with Crippen LogP contribution in [0.3, 0.4) is 0 Å². The van der Waals surface area contributed by atoms with Crippen LogP contribution in [0.4, 0.5) is 0 Å². The number of hydrogen-bond acceptors (Lipinski definition) is 0. The van der Waals surface area contributed by atoms with Crippen molar-refractivity contribution in [2.24, 2.45) is 17.3 Å². The highest BCUT2D eigenvalue weighted by Gasteiger charge is 2.49. The van der Waals surface area contributed by atoms with E-state index in [2.05, 4.69) is 13.8 Å². The van der Waals surface area contributed by atoms with Crippen molar-refractivity contribution in [2.75, 3.05) is 0 Å². The van der Waals surface area contributed by atoms with Gasteiger partial charge in [0.2, 0.25) is 0 Å². The van der Waals surface area contributed by atoms with E-state index in [0.29, 0.717) is 0 Å². The molecule has 96 valence electrons. The molecule has 2 unspecified atom stereocenters. The number of hydrogen-bond donors (Lipinski definition) is 0. The van der Waals surface area contributed by atoms with Crippen molar-refractivity contribution in [1.29, 1.82) is 0 Å². The van der Waals surface area contributed by atoms with E-state index in [9.17, 15) is 0 Å². The van der Waals surface area contributed by atoms with Gasteiger partial charge in [0, 0.05) is 0 Å². The van der Waals surface area contributed by atoms with Gasteiger partial charge in [-0.05, 0) is 68.6 Å². The smallest absolute Gasteiger partial charge is 0.0167 e. The Labute approximate surface area is 107 Å². The van der Waals surface area contributed by atoms with Gasteiger partial charge < -0.3 is 0 Å². The molecule has 0 heteroatoms. The maximum atomic E-state index is 2.45. The zero-order valence-electron chi connectivity index (χ0n) is 11.7. The zero-order chi connectivity index (χ0) is 11.9. The summed E-state index contributed by atoms with van der Waals surface area (Å²) in [6, 6.07) is 0. The van der Waals surface area contributed by atoms with E-state index in [-0.39, 0.29) is 0 Å². The Kier molecular flexibility index (Phi) is 3.09. The van der Waals surface area contributed by atoms with Gasteiger partial charge in [-0.25, -0.2) is 0 Å². The molecule has 2 saturated carbocycles. The third kappa shape index (κ3) is 1.71. The zero-order valence-corrected chi connectivity index (χ0v) is 11.7. The minimum Gasteiger partial charge on any atom is -0.0710 e. The molecule has 3 rings (SSSR count). The summed E-state index contributed by atoms with van der Waals surface area (Å²) < 4.78 is 0. The van der Waals surface area contributed by atoms with Crippen LogP contribution in [-0.4, -0.2) is 0 Å². The second-order valence-corrected chi connectivity index (χ2v) is 6.70. The van der Waals surface area contributed by atoms with Crippen LogP contribution in [0.25, 0.3) is 0 Å². The molecule has 3 atom stereocenters. The van der Waals surface area contributed by atoms with Crippen molar-refractivity contribution < 1.29 is 0 Å². The molecule has 0 saturated heterocycles. The lowest BCUT2D eigenvalue weighted by atomic mass is 9.57. The largest absolute Gasteiger partial charge is 0.0710 e. The summed E-state index contributed by atoms with van der Waals surface area (Å²) in [4.78, 5) is 0. The molecular formula is C17H28. The summed E-state index contributed by atoms with van der Waals surface area (Å²) in [5.41, 5.74) is 4.57. The van der Waals surface area contributed by atoms with Crippen molar-refractivity contribution in [3.8, 4) is 0 Å². The number of allylic oxidation sites excluding steroid dienone is 2. The lowest BCUT2D eigenvalue weighted by Gasteiger charge is -2.48. The summed E-state index contributed by atoms with van der Waals surface area (Å²) in [7, 11) is 0. The molecule has 0 aromatic rings. The highest BCUT2D eigenvalue weighted by Crippen LogP contribution is 2.60. The van der Waals surface area contributed by atoms with Crippen LogP contribution in [0.5, 0.6) is 0 Å². The average molecular weight is 232 g/mol. The second kappa shape index (κ2) is 4.44. The van der Waals surface area contributed by atoms with Gasteiger partial charge in [-0.15, -0.1) is 0 Å². The molecule has 0 aromatic carbocycles. The van der Waals surface area contributed by atoms with E-state index in [0.717, 1.165) is 17.3 Å². The van der Waals surface area contributed by atoms with Gasteiger partial charge in [0.1, 0.15) is 0 Å². The fourth-order valence-electron chi connectivity index (χ4n) is 5.45. The number of fused-ring (bicyclic) bond motifs is 3. The van der Waals surface area contributed by atoms with Gasteiger partial charge in [0.05, 0.1) is 0 Å². The Morgan fingerprint density at radius 3 is 2.71 bits per heavy atom. The molecule has 2 fully saturated rings. The molecule has 0 aromatic heterocycles. The van der Waals surface area contributed by atoms with E-state index >= 15 is 0 Å². The van der Waals surface area contributed by atoms with Crippen LogP contribution in [0.15, 0.2) is 11.1 Å². The fraction of sp³-hybridized carbons (Fsp3) is 0.882. The van der Waals surface area contributed by atoms with E-state index in [1.165, 1.54) is 51.4 Å². The van der Waals surface area contributed by atoms with Gasteiger partial charge in [-0.2, -0.15) is 0 Å². The van der Waals surface area contributed by atoms with Crippen LogP contribution in [0, 0.1) is 17.3 Å². The highest BCUT2D eigenvalue weighted by molar-refractivity contribution is 5.25. The summed E-state index contributed by atoms with van der Waals surface area (Å²) in [6.07, 6.45) is 14.8. The lowest BCUT2D eigenvalue weighted by Crippen LogP contribution is -2.37. The predicted molar refractivity (Wildman–Crippen MR) is 74.0 cm³/mol. The minimum atomic E-state index is 0.768. The first-order valence-corrected chi connectivity index (χ1v) is 8.01. The number of rotatable bonds is 2. The average Bonchev–Trinajstić information content (AvgIpc) is 2.82.